The van der Waals surface area contributed by atoms with Crippen molar-refractivity contribution in [1.82, 2.24) is 10.2 Å². The predicted octanol–water partition coefficient (Wildman–Crippen LogP) is 2.96. The van der Waals surface area contributed by atoms with E-state index in [0.29, 0.717) is 19.0 Å². The van der Waals surface area contributed by atoms with Crippen molar-refractivity contribution in [2.75, 3.05) is 18.4 Å². The summed E-state index contributed by atoms with van der Waals surface area (Å²) in [5, 5.41) is 5.90. The third-order valence-corrected chi connectivity index (χ3v) is 5.27. The van der Waals surface area contributed by atoms with Crippen LogP contribution in [0.1, 0.15) is 23.1 Å². The molecular weight excluding hydrogens is 326 g/mol. The Morgan fingerprint density at radius 1 is 1.04 bits per heavy atom. The van der Waals surface area contributed by atoms with Crippen LogP contribution in [0, 0.1) is 5.92 Å². The summed E-state index contributed by atoms with van der Waals surface area (Å²) in [6.07, 6.45) is 3.15. The van der Waals surface area contributed by atoms with Crippen LogP contribution < -0.4 is 10.6 Å². The molecule has 0 fully saturated rings. The minimum atomic E-state index is -0.171. The smallest absolute Gasteiger partial charge is 0.318 e. The first-order valence-corrected chi connectivity index (χ1v) is 9.16. The molecule has 1 aliphatic heterocycles. The molecule has 1 unspecified atom stereocenters. The first-order chi connectivity index (χ1) is 12.7. The molecule has 2 N–H and O–H groups in total. The summed E-state index contributed by atoms with van der Waals surface area (Å²) in [5.74, 6) is 0.290. The average Bonchev–Trinajstić information content (AvgIpc) is 2.84. The molecule has 0 aromatic heterocycles. The van der Waals surface area contributed by atoms with Gasteiger partial charge in [-0.05, 0) is 47.9 Å². The Labute approximate surface area is 153 Å². The van der Waals surface area contributed by atoms with Gasteiger partial charge in [0.05, 0.1) is 6.54 Å². The fourth-order valence-electron chi connectivity index (χ4n) is 3.84. The summed E-state index contributed by atoms with van der Waals surface area (Å²) in [6, 6.07) is 16.0. The van der Waals surface area contributed by atoms with Gasteiger partial charge in [0.2, 0.25) is 5.91 Å². The average molecular weight is 349 g/mol. The van der Waals surface area contributed by atoms with E-state index in [1.807, 2.05) is 24.3 Å². The molecule has 5 heteroatoms. The van der Waals surface area contributed by atoms with E-state index in [4.69, 9.17) is 0 Å². The second kappa shape index (κ2) is 7.20. The second-order valence-corrected chi connectivity index (χ2v) is 7.12. The van der Waals surface area contributed by atoms with Crippen LogP contribution in [0.15, 0.2) is 48.5 Å². The Hall–Kier alpha value is -2.82. The van der Waals surface area contributed by atoms with Crippen LogP contribution in [0.2, 0.25) is 0 Å². The molecule has 1 atom stereocenters. The number of anilines is 1. The molecule has 2 aromatic carbocycles. The molecule has 0 radical (unpaired) electrons. The standard InChI is InChI=1S/C21H23N3O2/c25-20-14-24(13-18-7-3-4-8-19(18)23-20)21(26)22-12-15-9-10-16-5-1-2-6-17(16)11-15/h1-8,15H,9-14H2,(H,22,26)(H,23,25). The number of amides is 3. The van der Waals surface area contributed by atoms with Gasteiger partial charge in [-0.2, -0.15) is 0 Å². The van der Waals surface area contributed by atoms with Crippen LogP contribution in [0.25, 0.3) is 0 Å². The van der Waals surface area contributed by atoms with E-state index in [0.717, 1.165) is 30.5 Å². The summed E-state index contributed by atoms with van der Waals surface area (Å²) in [6.45, 7) is 1.16. The fraction of sp³-hybridized carbons (Fsp3) is 0.333. The Kier molecular flexibility index (Phi) is 4.61. The van der Waals surface area contributed by atoms with Crippen LogP contribution in [0.3, 0.4) is 0 Å². The van der Waals surface area contributed by atoms with Crippen LogP contribution in [0.4, 0.5) is 10.5 Å². The highest BCUT2D eigenvalue weighted by Gasteiger charge is 2.24. The van der Waals surface area contributed by atoms with Gasteiger partial charge in [0.15, 0.2) is 0 Å². The number of aryl methyl sites for hydroxylation is 1. The third-order valence-electron chi connectivity index (χ3n) is 5.27. The molecule has 0 bridgehead atoms. The van der Waals surface area contributed by atoms with Gasteiger partial charge < -0.3 is 15.5 Å². The number of para-hydroxylation sites is 1. The number of rotatable bonds is 2. The molecule has 4 rings (SSSR count). The molecule has 1 aliphatic carbocycles. The third kappa shape index (κ3) is 3.57. The lowest BCUT2D eigenvalue weighted by atomic mass is 9.84. The predicted molar refractivity (Wildman–Crippen MR) is 101 cm³/mol. The normalized spacial score (nSPS) is 19.0. The second-order valence-electron chi connectivity index (χ2n) is 7.12. The van der Waals surface area contributed by atoms with Crippen molar-refractivity contribution in [3.05, 3.63) is 65.2 Å². The molecule has 3 amide bonds. The lowest BCUT2D eigenvalue weighted by Gasteiger charge is -2.26. The van der Waals surface area contributed by atoms with E-state index in [1.54, 1.807) is 4.90 Å². The van der Waals surface area contributed by atoms with Gasteiger partial charge in [0.25, 0.3) is 0 Å². The number of urea groups is 1. The van der Waals surface area contributed by atoms with Crippen molar-refractivity contribution in [2.24, 2.45) is 5.92 Å². The lowest BCUT2D eigenvalue weighted by Crippen LogP contribution is -2.44. The van der Waals surface area contributed by atoms with Crippen molar-refractivity contribution in [1.29, 1.82) is 0 Å². The number of nitrogens with one attached hydrogen (secondary N) is 2. The minimum absolute atomic E-state index is 0.0774. The zero-order chi connectivity index (χ0) is 17.9. The first-order valence-electron chi connectivity index (χ1n) is 9.16. The van der Waals surface area contributed by atoms with Crippen LogP contribution in [0.5, 0.6) is 0 Å². The molecule has 2 aromatic rings. The molecule has 0 spiro atoms. The number of hydrogen-bond donors (Lipinski definition) is 2. The van der Waals surface area contributed by atoms with Crippen molar-refractivity contribution >= 4 is 17.6 Å². The summed E-state index contributed by atoms with van der Waals surface area (Å²) in [4.78, 5) is 26.3. The maximum atomic E-state index is 12.6. The molecule has 1 heterocycles. The molecule has 5 nitrogen and oxygen atoms in total. The SMILES string of the molecule is O=C1CN(C(=O)NCC2CCc3ccccc3C2)Cc2ccccc2N1. The topological polar surface area (TPSA) is 61.4 Å². The fourth-order valence-corrected chi connectivity index (χ4v) is 3.84. The lowest BCUT2D eigenvalue weighted by molar-refractivity contribution is -0.116. The zero-order valence-electron chi connectivity index (χ0n) is 14.7. The minimum Gasteiger partial charge on any atom is -0.338 e. The summed E-state index contributed by atoms with van der Waals surface area (Å²) in [5.41, 5.74) is 4.56. The molecule has 134 valence electrons. The number of hydrogen-bond acceptors (Lipinski definition) is 2. The zero-order valence-corrected chi connectivity index (χ0v) is 14.7. The van der Waals surface area contributed by atoms with Crippen molar-refractivity contribution in [2.45, 2.75) is 25.8 Å². The van der Waals surface area contributed by atoms with Crippen molar-refractivity contribution in [3.8, 4) is 0 Å². The highest BCUT2D eigenvalue weighted by Crippen LogP contribution is 2.25. The summed E-state index contributed by atoms with van der Waals surface area (Å²) < 4.78 is 0. The van der Waals surface area contributed by atoms with Gasteiger partial charge in [-0.3, -0.25) is 4.79 Å². The van der Waals surface area contributed by atoms with E-state index in [-0.39, 0.29) is 18.5 Å². The number of fused-ring (bicyclic) bond motifs is 2. The van der Waals surface area contributed by atoms with Gasteiger partial charge in [0.1, 0.15) is 6.54 Å². The quantitative estimate of drug-likeness (QED) is 0.876. The Bertz CT molecular complexity index is 834. The van der Waals surface area contributed by atoms with Crippen LogP contribution >= 0.6 is 0 Å². The van der Waals surface area contributed by atoms with E-state index in [1.165, 1.54) is 11.1 Å². The van der Waals surface area contributed by atoms with E-state index in [2.05, 4.69) is 34.9 Å². The molecular formula is C21H23N3O2. The Morgan fingerprint density at radius 2 is 1.77 bits per heavy atom. The number of benzene rings is 2. The summed E-state index contributed by atoms with van der Waals surface area (Å²) in [7, 11) is 0. The maximum Gasteiger partial charge on any atom is 0.318 e. The van der Waals surface area contributed by atoms with Crippen molar-refractivity contribution in [3.63, 3.8) is 0 Å². The van der Waals surface area contributed by atoms with Crippen molar-refractivity contribution < 1.29 is 9.59 Å². The highest BCUT2D eigenvalue weighted by atomic mass is 16.2. The van der Waals surface area contributed by atoms with Crippen LogP contribution in [-0.4, -0.2) is 29.9 Å². The van der Waals surface area contributed by atoms with E-state index >= 15 is 0 Å². The van der Waals surface area contributed by atoms with Gasteiger partial charge in [-0.25, -0.2) is 4.79 Å². The maximum absolute atomic E-state index is 12.6. The summed E-state index contributed by atoms with van der Waals surface area (Å²) >= 11 is 0. The highest BCUT2D eigenvalue weighted by molar-refractivity contribution is 5.96. The van der Waals surface area contributed by atoms with Gasteiger partial charge >= 0.3 is 6.03 Å². The number of carbonyl (C=O) groups excluding carboxylic acids is 2. The van der Waals surface area contributed by atoms with E-state index in [9.17, 15) is 9.59 Å². The first kappa shape index (κ1) is 16.6. The Morgan fingerprint density at radius 3 is 2.62 bits per heavy atom. The monoisotopic (exact) mass is 349 g/mol. The van der Waals surface area contributed by atoms with Gasteiger partial charge in [-0.1, -0.05) is 42.5 Å². The molecule has 0 saturated heterocycles. The molecule has 26 heavy (non-hydrogen) atoms. The van der Waals surface area contributed by atoms with E-state index < -0.39 is 0 Å². The number of carbonyl (C=O) groups is 2. The van der Waals surface area contributed by atoms with Crippen LogP contribution in [-0.2, 0) is 24.2 Å². The Balaban J connectivity index is 1.37. The number of nitrogens with zero attached hydrogens (tertiary/aromatic N) is 1. The molecule has 0 saturated carbocycles. The van der Waals surface area contributed by atoms with Gasteiger partial charge in [0, 0.05) is 12.2 Å². The van der Waals surface area contributed by atoms with Gasteiger partial charge in [-0.15, -0.1) is 0 Å². The largest absolute Gasteiger partial charge is 0.338 e. The molecule has 2 aliphatic rings.